The lowest BCUT2D eigenvalue weighted by molar-refractivity contribution is -0.155. The summed E-state index contributed by atoms with van der Waals surface area (Å²) in [4.78, 5) is 53.4. The molecule has 186 valence electrons. The Bertz CT molecular complexity index is 1010. The molecular weight excluding hydrogens is 464 g/mol. The number of esters is 1. The number of hydrogen-bond acceptors (Lipinski definition) is 6. The van der Waals surface area contributed by atoms with Gasteiger partial charge in [0.1, 0.15) is 11.6 Å². The number of nitrogens with two attached hydrogens (primary N) is 1. The van der Waals surface area contributed by atoms with Crippen LogP contribution in [0.3, 0.4) is 0 Å². The van der Waals surface area contributed by atoms with E-state index in [4.69, 9.17) is 22.1 Å². The van der Waals surface area contributed by atoms with Gasteiger partial charge in [0.2, 0.25) is 5.91 Å². The van der Waals surface area contributed by atoms with E-state index in [1.807, 2.05) is 11.8 Å². The molecule has 1 aromatic carbocycles. The van der Waals surface area contributed by atoms with Crippen molar-refractivity contribution in [1.82, 2.24) is 9.80 Å². The van der Waals surface area contributed by atoms with Gasteiger partial charge in [-0.05, 0) is 46.2 Å². The van der Waals surface area contributed by atoms with E-state index in [9.17, 15) is 24.3 Å². The number of carbonyl (C=O) groups excluding carboxylic acids is 3. The SMILES string of the molecule is C[C@@H]1CN(C(=O)O)CCN1c1ccc2c(c1Cl)CN([C@@H](CCC(=O)OC(C)(C)C)C(N)=O)C2=O. The Hall–Kier alpha value is -3.01. The molecule has 2 aliphatic rings. The number of halogens is 1. The molecule has 0 unspecified atom stereocenters. The molecule has 0 saturated carbocycles. The molecule has 2 aliphatic heterocycles. The largest absolute Gasteiger partial charge is 0.465 e. The normalized spacial score (nSPS) is 19.1. The first-order valence-corrected chi connectivity index (χ1v) is 11.6. The van der Waals surface area contributed by atoms with Gasteiger partial charge in [-0.1, -0.05) is 11.6 Å². The summed E-state index contributed by atoms with van der Waals surface area (Å²) in [6.45, 7) is 8.39. The third-order valence-corrected chi connectivity index (χ3v) is 6.42. The number of hydrogen-bond donors (Lipinski definition) is 2. The number of rotatable bonds is 6. The molecule has 0 aliphatic carbocycles. The smallest absolute Gasteiger partial charge is 0.407 e. The third kappa shape index (κ3) is 5.38. The van der Waals surface area contributed by atoms with E-state index >= 15 is 0 Å². The van der Waals surface area contributed by atoms with Gasteiger partial charge in [-0.25, -0.2) is 4.79 Å². The van der Waals surface area contributed by atoms with Crippen LogP contribution in [0.25, 0.3) is 0 Å². The van der Waals surface area contributed by atoms with E-state index in [0.29, 0.717) is 41.5 Å². The maximum absolute atomic E-state index is 13.1. The highest BCUT2D eigenvalue weighted by molar-refractivity contribution is 6.35. The molecule has 0 spiro atoms. The Morgan fingerprint density at radius 2 is 1.94 bits per heavy atom. The van der Waals surface area contributed by atoms with E-state index < -0.39 is 29.6 Å². The highest BCUT2D eigenvalue weighted by Gasteiger charge is 2.38. The number of primary amides is 1. The number of nitrogens with zero attached hydrogens (tertiary/aromatic N) is 3. The van der Waals surface area contributed by atoms with Crippen LogP contribution in [0.1, 0.15) is 56.5 Å². The number of benzene rings is 1. The van der Waals surface area contributed by atoms with Crippen molar-refractivity contribution in [2.75, 3.05) is 24.5 Å². The Morgan fingerprint density at radius 3 is 2.50 bits per heavy atom. The first-order chi connectivity index (χ1) is 15.8. The highest BCUT2D eigenvalue weighted by atomic mass is 35.5. The second kappa shape index (κ2) is 9.69. The summed E-state index contributed by atoms with van der Waals surface area (Å²) in [6.07, 6.45) is -0.977. The fourth-order valence-corrected chi connectivity index (χ4v) is 4.76. The molecule has 2 atom stereocenters. The zero-order chi connectivity index (χ0) is 25.4. The number of amides is 3. The van der Waals surface area contributed by atoms with E-state index in [-0.39, 0.29) is 31.3 Å². The molecule has 0 radical (unpaired) electrons. The van der Waals surface area contributed by atoms with Crippen LogP contribution in [0.2, 0.25) is 5.02 Å². The molecule has 1 saturated heterocycles. The van der Waals surface area contributed by atoms with Gasteiger partial charge in [-0.2, -0.15) is 0 Å². The van der Waals surface area contributed by atoms with Crippen molar-refractivity contribution in [2.24, 2.45) is 5.73 Å². The number of carbonyl (C=O) groups is 4. The molecule has 34 heavy (non-hydrogen) atoms. The van der Waals surface area contributed by atoms with Crippen molar-refractivity contribution in [3.8, 4) is 0 Å². The van der Waals surface area contributed by atoms with Gasteiger partial charge in [0, 0.05) is 49.8 Å². The van der Waals surface area contributed by atoms with Gasteiger partial charge in [-0.15, -0.1) is 0 Å². The van der Waals surface area contributed by atoms with Crippen molar-refractivity contribution >= 4 is 41.2 Å². The zero-order valence-corrected chi connectivity index (χ0v) is 20.6. The van der Waals surface area contributed by atoms with Crippen molar-refractivity contribution in [2.45, 2.75) is 64.8 Å². The fourth-order valence-electron chi connectivity index (χ4n) is 4.42. The predicted octanol–water partition coefficient (Wildman–Crippen LogP) is 2.46. The van der Waals surface area contributed by atoms with Gasteiger partial charge in [0.15, 0.2) is 0 Å². The van der Waals surface area contributed by atoms with Gasteiger partial charge < -0.3 is 30.3 Å². The molecule has 0 bridgehead atoms. The summed E-state index contributed by atoms with van der Waals surface area (Å²) in [7, 11) is 0. The summed E-state index contributed by atoms with van der Waals surface area (Å²) in [5.74, 6) is -1.56. The average Bonchev–Trinajstić information content (AvgIpc) is 3.04. The lowest BCUT2D eigenvalue weighted by atomic mass is 10.1. The monoisotopic (exact) mass is 494 g/mol. The maximum Gasteiger partial charge on any atom is 0.407 e. The Balaban J connectivity index is 1.78. The topological polar surface area (TPSA) is 133 Å². The summed E-state index contributed by atoms with van der Waals surface area (Å²) >= 11 is 6.73. The first kappa shape index (κ1) is 25.6. The lowest BCUT2D eigenvalue weighted by Crippen LogP contribution is -2.53. The summed E-state index contributed by atoms with van der Waals surface area (Å²) in [5.41, 5.74) is 6.60. The van der Waals surface area contributed by atoms with Crippen LogP contribution in [0, 0.1) is 0 Å². The minimum atomic E-state index is -0.982. The lowest BCUT2D eigenvalue weighted by Gasteiger charge is -2.40. The van der Waals surface area contributed by atoms with Gasteiger partial charge in [-0.3, -0.25) is 14.4 Å². The number of carboxylic acid groups (broad SMARTS) is 1. The van der Waals surface area contributed by atoms with Crippen molar-refractivity contribution in [1.29, 1.82) is 0 Å². The Kier molecular flexibility index (Phi) is 7.30. The van der Waals surface area contributed by atoms with Gasteiger partial charge in [0.05, 0.1) is 10.7 Å². The van der Waals surface area contributed by atoms with Gasteiger partial charge in [0.25, 0.3) is 5.91 Å². The van der Waals surface area contributed by atoms with Gasteiger partial charge >= 0.3 is 12.1 Å². The fraction of sp³-hybridized carbons (Fsp3) is 0.565. The first-order valence-electron chi connectivity index (χ1n) is 11.2. The van der Waals surface area contributed by atoms with E-state index in [1.54, 1.807) is 32.9 Å². The number of ether oxygens (including phenoxy) is 1. The van der Waals surface area contributed by atoms with E-state index in [0.717, 1.165) is 0 Å². The van der Waals surface area contributed by atoms with Crippen LogP contribution >= 0.6 is 11.6 Å². The molecule has 3 rings (SSSR count). The van der Waals surface area contributed by atoms with Crippen LogP contribution in [0.4, 0.5) is 10.5 Å². The number of anilines is 1. The van der Waals surface area contributed by atoms with Crippen LogP contribution in [0.15, 0.2) is 12.1 Å². The number of piperazine rings is 1. The third-order valence-electron chi connectivity index (χ3n) is 6.00. The molecule has 0 aromatic heterocycles. The van der Waals surface area contributed by atoms with Crippen molar-refractivity contribution in [3.05, 3.63) is 28.3 Å². The molecule has 1 fully saturated rings. The molecule has 3 N–H and O–H groups in total. The highest BCUT2D eigenvalue weighted by Crippen LogP contribution is 2.39. The minimum Gasteiger partial charge on any atom is -0.465 e. The minimum absolute atomic E-state index is 0.0443. The Labute approximate surface area is 203 Å². The zero-order valence-electron chi connectivity index (χ0n) is 19.8. The van der Waals surface area contributed by atoms with Crippen molar-refractivity contribution < 1.29 is 29.0 Å². The predicted molar refractivity (Wildman–Crippen MR) is 126 cm³/mol. The van der Waals surface area contributed by atoms with Crippen LogP contribution < -0.4 is 10.6 Å². The second-order valence-corrected chi connectivity index (χ2v) is 10.1. The van der Waals surface area contributed by atoms with Crippen LogP contribution in [-0.4, -0.2) is 76.1 Å². The molecular formula is C23H31ClN4O6. The summed E-state index contributed by atoms with van der Waals surface area (Å²) < 4.78 is 5.29. The van der Waals surface area contributed by atoms with Crippen molar-refractivity contribution in [3.63, 3.8) is 0 Å². The standard InChI is InChI=1S/C23H31ClN4O6/c1-13-11-26(22(32)33)9-10-27(13)16-6-5-14-15(19(16)24)12-28(21(14)31)17(20(25)30)7-8-18(29)34-23(2,3)4/h5-6,13,17H,7-12H2,1-4H3,(H2,25,30)(H,32,33)/t13-,17+/m1/s1. The van der Waals surface area contributed by atoms with Crippen LogP contribution in [-0.2, 0) is 20.9 Å². The van der Waals surface area contributed by atoms with E-state index in [1.165, 1.54) is 9.80 Å². The van der Waals surface area contributed by atoms with Crippen LogP contribution in [0.5, 0.6) is 0 Å². The molecule has 10 nitrogen and oxygen atoms in total. The maximum atomic E-state index is 13.1. The number of fused-ring (bicyclic) bond motifs is 1. The second-order valence-electron chi connectivity index (χ2n) is 9.67. The van der Waals surface area contributed by atoms with E-state index in [2.05, 4.69) is 0 Å². The average molecular weight is 495 g/mol. The molecule has 2 heterocycles. The Morgan fingerprint density at radius 1 is 1.26 bits per heavy atom. The molecule has 1 aromatic rings. The summed E-state index contributed by atoms with van der Waals surface area (Å²) in [5, 5.41) is 9.64. The summed E-state index contributed by atoms with van der Waals surface area (Å²) in [6, 6.07) is 2.32. The molecule has 11 heteroatoms. The quantitative estimate of drug-likeness (QED) is 0.580. The molecule has 3 amide bonds.